The average Bonchev–Trinajstić information content (AvgIpc) is 2.46. The van der Waals surface area contributed by atoms with E-state index in [0.717, 1.165) is 38.0 Å². The van der Waals surface area contributed by atoms with Gasteiger partial charge in [-0.2, -0.15) is 0 Å². The summed E-state index contributed by atoms with van der Waals surface area (Å²) in [6.45, 7) is 10.5. The highest BCUT2D eigenvalue weighted by Gasteiger charge is 1.96. The molecule has 0 radical (unpaired) electrons. The minimum atomic E-state index is -0.702. The van der Waals surface area contributed by atoms with Crippen LogP contribution in [0.4, 0.5) is 0 Å². The van der Waals surface area contributed by atoms with Crippen LogP contribution in [0.3, 0.4) is 0 Å². The molecule has 0 aromatic heterocycles. The molecule has 0 saturated heterocycles. The number of ketones is 1. The zero-order valence-electron chi connectivity index (χ0n) is 16.6. The molecule has 0 rings (SSSR count). The fourth-order valence-electron chi connectivity index (χ4n) is 2.14. The molecule has 0 spiro atoms. The number of carboxylic acid groups (broad SMARTS) is 1. The lowest BCUT2D eigenvalue weighted by molar-refractivity contribution is -0.137. The quantitative estimate of drug-likeness (QED) is 0.284. The van der Waals surface area contributed by atoms with Gasteiger partial charge in [0.05, 0.1) is 0 Å². The van der Waals surface area contributed by atoms with E-state index in [1.54, 1.807) is 6.92 Å². The molecule has 150 valence electrons. The van der Waals surface area contributed by atoms with Crippen LogP contribution in [-0.2, 0) is 9.59 Å². The Labute approximate surface area is 157 Å². The molecule has 0 amide bonds. The van der Waals surface area contributed by atoms with Crippen molar-refractivity contribution < 1.29 is 14.7 Å². The van der Waals surface area contributed by atoms with Crippen molar-refractivity contribution >= 4 is 11.8 Å². The number of rotatable bonds is 13. The zero-order chi connectivity index (χ0) is 18.8. The van der Waals surface area contributed by atoms with Crippen LogP contribution in [0.15, 0.2) is 12.2 Å². The van der Waals surface area contributed by atoms with Crippen LogP contribution < -0.4 is 0 Å². The number of hydrogen-bond acceptors (Lipinski definition) is 2. The van der Waals surface area contributed by atoms with Crippen molar-refractivity contribution in [3.8, 4) is 0 Å². The standard InChI is InChI=1S/C11H22O.C10H18O2.CH4/c1-10(2)8-6-4-5-7-9-11(3)12;1-9(2)7-5-3-4-6-8-10(11)12;/h10H,4-9H2,1-3H3;3,5,9H,4,6-8H2,1-2H3,(H,11,12);1H4. The molecule has 1 N–H and O–H groups in total. The Morgan fingerprint density at radius 3 is 1.92 bits per heavy atom. The molecule has 0 unspecified atom stereocenters. The number of carbonyl (C=O) groups excluding carboxylic acids is 1. The Balaban J connectivity index is -0.000000372. The Bertz CT molecular complexity index is 330. The minimum absolute atomic E-state index is 0. The van der Waals surface area contributed by atoms with Gasteiger partial charge < -0.3 is 9.90 Å². The predicted octanol–water partition coefficient (Wildman–Crippen LogP) is 7.05. The molecule has 0 atom stereocenters. The van der Waals surface area contributed by atoms with Gasteiger partial charge in [0.1, 0.15) is 5.78 Å². The highest BCUT2D eigenvalue weighted by molar-refractivity contribution is 5.75. The SMILES string of the molecule is C.CC(=O)CCCCCCC(C)C.CC(C)CC=CCCCC(=O)O. The second-order valence-corrected chi connectivity index (χ2v) is 7.44. The summed E-state index contributed by atoms with van der Waals surface area (Å²) in [4.78, 5) is 20.7. The van der Waals surface area contributed by atoms with Crippen LogP contribution in [0.25, 0.3) is 0 Å². The van der Waals surface area contributed by atoms with Gasteiger partial charge in [0.2, 0.25) is 0 Å². The molecule has 0 heterocycles. The van der Waals surface area contributed by atoms with Gasteiger partial charge in [0, 0.05) is 12.8 Å². The maximum absolute atomic E-state index is 10.6. The molecule has 0 saturated carbocycles. The van der Waals surface area contributed by atoms with Gasteiger partial charge >= 0.3 is 5.97 Å². The molecule has 0 bridgehead atoms. The Morgan fingerprint density at radius 2 is 1.44 bits per heavy atom. The van der Waals surface area contributed by atoms with Crippen LogP contribution in [0.5, 0.6) is 0 Å². The van der Waals surface area contributed by atoms with E-state index in [9.17, 15) is 9.59 Å². The molecule has 0 aliphatic carbocycles. The molecule has 25 heavy (non-hydrogen) atoms. The highest BCUT2D eigenvalue weighted by Crippen LogP contribution is 2.10. The third-order valence-corrected chi connectivity index (χ3v) is 3.60. The Morgan fingerprint density at radius 1 is 0.840 bits per heavy atom. The first-order chi connectivity index (χ1) is 11.3. The van der Waals surface area contributed by atoms with Crippen LogP contribution >= 0.6 is 0 Å². The molecular formula is C22H44O3. The van der Waals surface area contributed by atoms with Gasteiger partial charge in [0.25, 0.3) is 0 Å². The molecule has 3 nitrogen and oxygen atoms in total. The van der Waals surface area contributed by atoms with E-state index in [4.69, 9.17) is 5.11 Å². The molecule has 0 aliphatic rings. The summed E-state index contributed by atoms with van der Waals surface area (Å²) in [7, 11) is 0. The second kappa shape index (κ2) is 20.9. The van der Waals surface area contributed by atoms with Crippen LogP contribution in [-0.4, -0.2) is 16.9 Å². The van der Waals surface area contributed by atoms with Crippen molar-refractivity contribution in [2.24, 2.45) is 11.8 Å². The van der Waals surface area contributed by atoms with Gasteiger partial charge in [0.15, 0.2) is 0 Å². The van der Waals surface area contributed by atoms with Crippen molar-refractivity contribution in [2.45, 2.75) is 106 Å². The third-order valence-electron chi connectivity index (χ3n) is 3.60. The summed E-state index contributed by atoms with van der Waals surface area (Å²) in [5.74, 6) is 1.16. The summed E-state index contributed by atoms with van der Waals surface area (Å²) in [5.41, 5.74) is 0. The number of aliphatic carboxylic acids is 1. The first-order valence-electron chi connectivity index (χ1n) is 9.61. The van der Waals surface area contributed by atoms with Crippen LogP contribution in [0.2, 0.25) is 0 Å². The van der Waals surface area contributed by atoms with Crippen molar-refractivity contribution in [3.63, 3.8) is 0 Å². The zero-order valence-corrected chi connectivity index (χ0v) is 16.6. The molecule has 3 heteroatoms. The van der Waals surface area contributed by atoms with Gasteiger partial charge in [-0.05, 0) is 44.4 Å². The van der Waals surface area contributed by atoms with E-state index in [1.807, 2.05) is 0 Å². The lowest BCUT2D eigenvalue weighted by Gasteiger charge is -2.03. The number of allylic oxidation sites excluding steroid dienone is 2. The molecule has 0 aliphatic heterocycles. The second-order valence-electron chi connectivity index (χ2n) is 7.44. The Hall–Kier alpha value is -1.12. The summed E-state index contributed by atoms with van der Waals surface area (Å²) >= 11 is 0. The average molecular weight is 357 g/mol. The van der Waals surface area contributed by atoms with E-state index in [0.29, 0.717) is 11.7 Å². The van der Waals surface area contributed by atoms with Gasteiger partial charge in [-0.25, -0.2) is 0 Å². The van der Waals surface area contributed by atoms with E-state index in [2.05, 4.69) is 39.8 Å². The topological polar surface area (TPSA) is 54.4 Å². The lowest BCUT2D eigenvalue weighted by atomic mass is 10.0. The first-order valence-corrected chi connectivity index (χ1v) is 9.61. The summed E-state index contributed by atoms with van der Waals surface area (Å²) in [5, 5.41) is 8.33. The lowest BCUT2D eigenvalue weighted by Crippen LogP contribution is -1.92. The van der Waals surface area contributed by atoms with Crippen LogP contribution in [0, 0.1) is 11.8 Å². The van der Waals surface area contributed by atoms with Crippen molar-refractivity contribution in [3.05, 3.63) is 12.2 Å². The fraction of sp³-hybridized carbons (Fsp3) is 0.818. The van der Waals surface area contributed by atoms with Gasteiger partial charge in [-0.15, -0.1) is 0 Å². The maximum atomic E-state index is 10.6. The van der Waals surface area contributed by atoms with Crippen molar-refractivity contribution in [1.29, 1.82) is 0 Å². The smallest absolute Gasteiger partial charge is 0.303 e. The monoisotopic (exact) mass is 356 g/mol. The number of carbonyl (C=O) groups is 2. The first kappa shape index (κ1) is 28.7. The minimum Gasteiger partial charge on any atom is -0.481 e. The van der Waals surface area contributed by atoms with E-state index in [-0.39, 0.29) is 13.8 Å². The van der Waals surface area contributed by atoms with E-state index < -0.39 is 5.97 Å². The largest absolute Gasteiger partial charge is 0.481 e. The van der Waals surface area contributed by atoms with Crippen molar-refractivity contribution in [1.82, 2.24) is 0 Å². The van der Waals surface area contributed by atoms with Crippen molar-refractivity contribution in [2.75, 3.05) is 0 Å². The number of hydrogen-bond donors (Lipinski definition) is 1. The maximum Gasteiger partial charge on any atom is 0.303 e. The fourth-order valence-corrected chi connectivity index (χ4v) is 2.14. The Kier molecular flexibility index (Phi) is 24.0. The molecule has 0 aromatic rings. The normalized spacial score (nSPS) is 10.5. The van der Waals surface area contributed by atoms with Gasteiger partial charge in [-0.3, -0.25) is 4.79 Å². The summed E-state index contributed by atoms with van der Waals surface area (Å²) in [6.07, 6.45) is 14.3. The number of Topliss-reactive ketones (excluding diaryl/α,β-unsaturated/α-hetero) is 1. The van der Waals surface area contributed by atoms with E-state index >= 15 is 0 Å². The summed E-state index contributed by atoms with van der Waals surface area (Å²) < 4.78 is 0. The molecule has 0 fully saturated rings. The van der Waals surface area contributed by atoms with E-state index in [1.165, 1.54) is 25.7 Å². The number of carboxylic acids is 1. The summed E-state index contributed by atoms with van der Waals surface area (Å²) in [6, 6.07) is 0. The molecular weight excluding hydrogens is 312 g/mol. The predicted molar refractivity (Wildman–Crippen MR) is 110 cm³/mol. The number of unbranched alkanes of at least 4 members (excludes halogenated alkanes) is 4. The third kappa shape index (κ3) is 35.0. The highest BCUT2D eigenvalue weighted by atomic mass is 16.4. The van der Waals surface area contributed by atoms with Crippen LogP contribution in [0.1, 0.15) is 106 Å². The molecule has 0 aromatic carbocycles. The van der Waals surface area contributed by atoms with Gasteiger partial charge in [-0.1, -0.05) is 73.0 Å².